The maximum atomic E-state index is 9.43. The fraction of sp³-hybridized carbons (Fsp3) is 0.667. The van der Waals surface area contributed by atoms with E-state index in [1.165, 1.54) is 19.3 Å². The van der Waals surface area contributed by atoms with E-state index in [2.05, 4.69) is 13.8 Å². The number of aliphatic carboxylic acids is 2. The van der Waals surface area contributed by atoms with Crippen molar-refractivity contribution in [2.45, 2.75) is 39.0 Å². The molecule has 0 radical (unpaired) electrons. The fourth-order valence-electron chi connectivity index (χ4n) is 0.556. The topological polar surface area (TPSA) is 74.6 Å². The monoisotopic (exact) mass is 228 g/mol. The number of hydrogen-bond acceptors (Lipinski definition) is 2. The Kier molecular flexibility index (Phi) is 22.9. The Hall–Kier alpha value is 0.576. The van der Waals surface area contributed by atoms with Gasteiger partial charge >= 0.3 is 63.3 Å². The van der Waals surface area contributed by atoms with Crippen LogP contribution in [0.2, 0.25) is 0 Å². The van der Waals surface area contributed by atoms with E-state index in [0.29, 0.717) is 0 Å². The van der Waals surface area contributed by atoms with Crippen LogP contribution in [0.25, 0.3) is 0 Å². The first-order valence-corrected chi connectivity index (χ1v) is 4.27. The van der Waals surface area contributed by atoms with Gasteiger partial charge in [0.2, 0.25) is 0 Å². The van der Waals surface area contributed by atoms with Crippen LogP contribution < -0.4 is 51.4 Å². The van der Waals surface area contributed by atoms with Gasteiger partial charge < -0.3 is 17.1 Å². The molecule has 4 nitrogen and oxygen atoms in total. The summed E-state index contributed by atoms with van der Waals surface area (Å²) in [6.45, 7) is 5.93. The van der Waals surface area contributed by atoms with Crippen LogP contribution in [-0.2, 0) is 9.59 Å². The quantitative estimate of drug-likeness (QED) is 0.272. The molecule has 0 unspecified atom stereocenters. The summed E-state index contributed by atoms with van der Waals surface area (Å²) in [5.41, 5.74) is 0. The van der Waals surface area contributed by atoms with Gasteiger partial charge in [-0.05, 0) is 0 Å². The molecule has 0 bridgehead atoms. The molecule has 0 fully saturated rings. The van der Waals surface area contributed by atoms with Crippen LogP contribution in [0.1, 0.15) is 39.0 Å². The van der Waals surface area contributed by atoms with Crippen molar-refractivity contribution in [2.24, 2.45) is 0 Å². The Bertz CT molecular complexity index is 132. The Labute approximate surface area is 127 Å². The summed E-state index contributed by atoms with van der Waals surface area (Å²) in [4.78, 5) is 18.9. The Balaban J connectivity index is -0.000000163. The maximum absolute atomic E-state index is 9.43. The zero-order valence-electron chi connectivity index (χ0n) is 8.95. The van der Waals surface area contributed by atoms with Crippen LogP contribution in [0.15, 0.2) is 0 Å². The minimum atomic E-state index is -1.31. The summed E-state index contributed by atoms with van der Waals surface area (Å²) >= 11 is 0. The van der Waals surface area contributed by atoms with Crippen LogP contribution in [0.4, 0.5) is 0 Å². The van der Waals surface area contributed by atoms with E-state index in [9.17, 15) is 9.59 Å². The van der Waals surface area contributed by atoms with Crippen molar-refractivity contribution in [3.63, 3.8) is 0 Å². The van der Waals surface area contributed by atoms with E-state index in [0.717, 1.165) is 6.42 Å². The molecule has 2 N–H and O–H groups in total. The summed E-state index contributed by atoms with van der Waals surface area (Å²) in [7, 11) is 0. The average molecular weight is 228 g/mol. The molecule has 5 heteroatoms. The number of carboxylic acid groups (broad SMARTS) is 2. The van der Waals surface area contributed by atoms with Crippen molar-refractivity contribution in [2.75, 3.05) is 0 Å². The molecule has 0 spiro atoms. The van der Waals surface area contributed by atoms with E-state index < -0.39 is 18.4 Å². The predicted molar refractivity (Wildman–Crippen MR) is 49.4 cm³/mol. The molecule has 0 atom stereocenters. The van der Waals surface area contributed by atoms with Crippen LogP contribution in [0.3, 0.4) is 0 Å². The summed E-state index contributed by atoms with van der Waals surface area (Å²) in [5, 5.41) is 15.4. The molecule has 0 amide bonds. The van der Waals surface area contributed by atoms with Crippen LogP contribution in [0.5, 0.6) is 0 Å². The zero-order chi connectivity index (χ0) is 10.7. The molecule has 0 aromatic rings. The number of rotatable bonds is 5. The second-order valence-electron chi connectivity index (χ2n) is 2.52. The first-order chi connectivity index (χ1) is 6.04. The normalized spacial score (nSPS) is 7.86. The molecule has 78 valence electrons. The molecule has 0 aromatic carbocycles. The zero-order valence-corrected chi connectivity index (χ0v) is 12.1. The third-order valence-electron chi connectivity index (χ3n) is 1.16. The first kappa shape index (κ1) is 20.0. The third-order valence-corrected chi connectivity index (χ3v) is 1.16. The number of carbonyl (C=O) groups is 2. The molecule has 0 saturated heterocycles. The minimum Gasteiger partial charge on any atom is -0.481 e. The predicted octanol–water partition coefficient (Wildman–Crippen LogP) is -1.05. The number of unbranched alkanes of at least 4 members (excludes halogenated alkanes) is 3. The molecular formula is C9H17KO4. The molecule has 0 heterocycles. The van der Waals surface area contributed by atoms with Gasteiger partial charge in [-0.1, -0.05) is 26.2 Å². The standard InChI is InChI=1S/C6H13.C3H4O4.K/c1-3-5-6-4-2;4-2(5)1-3(6)7;/h1,3-6H2,2H3;1H2,(H,4,5)(H,6,7);/q-1;;+1. The summed E-state index contributed by atoms with van der Waals surface area (Å²) < 4.78 is 0. The molecule has 0 aliphatic rings. The van der Waals surface area contributed by atoms with Gasteiger partial charge in [0.15, 0.2) is 0 Å². The Morgan fingerprint density at radius 3 is 1.64 bits per heavy atom. The molecule has 0 aliphatic heterocycles. The van der Waals surface area contributed by atoms with Gasteiger partial charge in [0.25, 0.3) is 0 Å². The molecule has 0 aliphatic carbocycles. The summed E-state index contributed by atoms with van der Waals surface area (Å²) in [6.07, 6.45) is 4.27. The minimum absolute atomic E-state index is 0. The van der Waals surface area contributed by atoms with Gasteiger partial charge in [-0.25, -0.2) is 0 Å². The molecule has 0 aromatic heterocycles. The average Bonchev–Trinajstić information content (AvgIpc) is 1.99. The second-order valence-corrected chi connectivity index (χ2v) is 2.52. The Morgan fingerprint density at radius 1 is 1.14 bits per heavy atom. The van der Waals surface area contributed by atoms with E-state index in [1.54, 1.807) is 0 Å². The van der Waals surface area contributed by atoms with Crippen molar-refractivity contribution >= 4 is 11.9 Å². The summed E-state index contributed by atoms with van der Waals surface area (Å²) in [5.74, 6) is -2.62. The van der Waals surface area contributed by atoms with Gasteiger partial charge in [0, 0.05) is 0 Å². The Morgan fingerprint density at radius 2 is 1.57 bits per heavy atom. The largest absolute Gasteiger partial charge is 1.00 e. The number of hydrogen-bond donors (Lipinski definition) is 2. The van der Waals surface area contributed by atoms with Gasteiger partial charge in [0.1, 0.15) is 6.42 Å². The number of carboxylic acids is 2. The van der Waals surface area contributed by atoms with Gasteiger partial charge in [-0.3, -0.25) is 9.59 Å². The van der Waals surface area contributed by atoms with Crippen molar-refractivity contribution in [1.82, 2.24) is 0 Å². The van der Waals surface area contributed by atoms with Crippen molar-refractivity contribution in [3.8, 4) is 0 Å². The van der Waals surface area contributed by atoms with Crippen molar-refractivity contribution in [3.05, 3.63) is 6.92 Å². The molecule has 0 rings (SSSR count). The van der Waals surface area contributed by atoms with Crippen molar-refractivity contribution in [1.29, 1.82) is 0 Å². The smallest absolute Gasteiger partial charge is 0.481 e. The fourth-order valence-corrected chi connectivity index (χ4v) is 0.556. The third kappa shape index (κ3) is 29.4. The van der Waals surface area contributed by atoms with Crippen LogP contribution >= 0.6 is 0 Å². The maximum Gasteiger partial charge on any atom is 1.00 e. The SMILES string of the molecule is O=C(O)CC(=O)O.[CH2-]CCCCC.[K+]. The molecular weight excluding hydrogens is 211 g/mol. The van der Waals surface area contributed by atoms with Crippen LogP contribution in [0, 0.1) is 6.92 Å². The second kappa shape index (κ2) is 16.0. The van der Waals surface area contributed by atoms with Gasteiger partial charge in [-0.15, -0.1) is 0 Å². The first-order valence-electron chi connectivity index (χ1n) is 4.27. The van der Waals surface area contributed by atoms with Gasteiger partial charge in [0.05, 0.1) is 0 Å². The summed E-state index contributed by atoms with van der Waals surface area (Å²) in [6, 6.07) is 0. The van der Waals surface area contributed by atoms with E-state index in [4.69, 9.17) is 10.2 Å². The van der Waals surface area contributed by atoms with E-state index >= 15 is 0 Å². The van der Waals surface area contributed by atoms with Crippen molar-refractivity contribution < 1.29 is 71.2 Å². The van der Waals surface area contributed by atoms with Crippen LogP contribution in [-0.4, -0.2) is 22.2 Å². The molecule has 0 saturated carbocycles. The van der Waals surface area contributed by atoms with E-state index in [1.807, 2.05) is 0 Å². The molecule has 14 heavy (non-hydrogen) atoms. The van der Waals surface area contributed by atoms with Gasteiger partial charge in [-0.2, -0.15) is 6.42 Å². The van der Waals surface area contributed by atoms with E-state index in [-0.39, 0.29) is 51.4 Å².